The number of alkyl halides is 3. The second-order valence-electron chi connectivity index (χ2n) is 6.83. The van der Waals surface area contributed by atoms with E-state index in [9.17, 15) is 18.0 Å². The number of amides is 1. The van der Waals surface area contributed by atoms with Crippen LogP contribution in [-0.2, 0) is 17.5 Å². The number of pyridine rings is 2. The van der Waals surface area contributed by atoms with Crippen molar-refractivity contribution in [3.63, 3.8) is 0 Å². The zero-order valence-electron chi connectivity index (χ0n) is 15.8. The summed E-state index contributed by atoms with van der Waals surface area (Å²) in [5.41, 5.74) is 1.38. The van der Waals surface area contributed by atoms with E-state index in [2.05, 4.69) is 25.7 Å². The fraction of sp³-hybridized carbons (Fsp3) is 0.263. The minimum Gasteiger partial charge on any atom is -0.442 e. The smallest absolute Gasteiger partial charge is 0.416 e. The number of halogens is 3. The molecular weight excluding hydrogens is 401 g/mol. The van der Waals surface area contributed by atoms with Crippen LogP contribution < -0.4 is 10.6 Å². The van der Waals surface area contributed by atoms with Crippen LogP contribution in [0.3, 0.4) is 0 Å². The van der Waals surface area contributed by atoms with Crippen LogP contribution in [0.5, 0.6) is 0 Å². The van der Waals surface area contributed by atoms with Crippen LogP contribution in [0.2, 0.25) is 0 Å². The van der Waals surface area contributed by atoms with Gasteiger partial charge in [-0.15, -0.1) is 0 Å². The number of carbonyl (C=O) groups excluding carboxylic acids is 1. The number of carbonyl (C=O) groups is 1. The normalized spacial score (nSPS) is 16.3. The third-order valence-electron chi connectivity index (χ3n) is 4.38. The predicted molar refractivity (Wildman–Crippen MR) is 101 cm³/mol. The summed E-state index contributed by atoms with van der Waals surface area (Å²) in [5.74, 6) is 0.401. The molecule has 0 saturated carbocycles. The Balaban J connectivity index is 1.53. The number of nitrogens with zero attached hydrogens (tertiary/aromatic N) is 4. The Kier molecular flexibility index (Phi) is 5.02. The quantitative estimate of drug-likeness (QED) is 0.659. The van der Waals surface area contributed by atoms with Crippen molar-refractivity contribution in [2.75, 3.05) is 11.9 Å². The topological polar surface area (TPSA) is 94.0 Å². The summed E-state index contributed by atoms with van der Waals surface area (Å²) in [7, 11) is 0. The highest BCUT2D eigenvalue weighted by molar-refractivity contribution is 5.69. The SMILES string of the molecule is Cc1cc(Nc2cc(C(F)(F)F)ccn2)nc(-c2cnn(C[C@@H]3CNC(=O)O3)c2)c1. The van der Waals surface area contributed by atoms with Crippen LogP contribution >= 0.6 is 0 Å². The lowest BCUT2D eigenvalue weighted by Crippen LogP contribution is -2.20. The molecule has 1 atom stereocenters. The summed E-state index contributed by atoms with van der Waals surface area (Å²) >= 11 is 0. The molecule has 1 aliphatic heterocycles. The molecule has 0 aromatic carbocycles. The number of hydrogen-bond acceptors (Lipinski definition) is 6. The number of hydrogen-bond donors (Lipinski definition) is 2. The third kappa shape index (κ3) is 4.50. The molecule has 0 bridgehead atoms. The minimum absolute atomic E-state index is 0.0418. The van der Waals surface area contributed by atoms with Gasteiger partial charge in [0.2, 0.25) is 0 Å². The van der Waals surface area contributed by atoms with Crippen molar-refractivity contribution in [3.05, 3.63) is 54.0 Å². The molecule has 156 valence electrons. The van der Waals surface area contributed by atoms with Gasteiger partial charge in [0.15, 0.2) is 0 Å². The third-order valence-corrected chi connectivity index (χ3v) is 4.38. The molecular formula is C19H17F3N6O2. The lowest BCUT2D eigenvalue weighted by molar-refractivity contribution is -0.137. The van der Waals surface area contributed by atoms with Crippen LogP contribution in [0.15, 0.2) is 42.9 Å². The standard InChI is InChI=1S/C19H17F3N6O2/c1-11-4-15(12-7-25-28(9-12)10-14-8-24-18(29)30-14)26-17(5-11)27-16-6-13(2-3-23-16)19(20,21)22/h2-7,9,14H,8,10H2,1H3,(H,24,29)(H,23,26,27)/t14-/m0/s1. The number of rotatable bonds is 5. The Bertz CT molecular complexity index is 1080. The Labute approximate surface area is 169 Å². The molecule has 3 aromatic heterocycles. The Morgan fingerprint density at radius 3 is 2.87 bits per heavy atom. The maximum absolute atomic E-state index is 12.9. The van der Waals surface area contributed by atoms with Gasteiger partial charge >= 0.3 is 12.3 Å². The lowest BCUT2D eigenvalue weighted by Gasteiger charge is -2.11. The van der Waals surface area contributed by atoms with Gasteiger partial charge in [-0.05, 0) is 36.8 Å². The average Bonchev–Trinajstić information content (AvgIpc) is 3.30. The highest BCUT2D eigenvalue weighted by Gasteiger charge is 2.30. The van der Waals surface area contributed by atoms with Crippen LogP contribution in [0.25, 0.3) is 11.3 Å². The van der Waals surface area contributed by atoms with Gasteiger partial charge in [-0.3, -0.25) is 4.68 Å². The highest BCUT2D eigenvalue weighted by atomic mass is 19.4. The average molecular weight is 418 g/mol. The molecule has 1 aliphatic rings. The summed E-state index contributed by atoms with van der Waals surface area (Å²) < 4.78 is 45.5. The second-order valence-corrected chi connectivity index (χ2v) is 6.83. The van der Waals surface area contributed by atoms with E-state index in [4.69, 9.17) is 4.74 Å². The van der Waals surface area contributed by atoms with Gasteiger partial charge in [-0.2, -0.15) is 18.3 Å². The van der Waals surface area contributed by atoms with E-state index in [-0.39, 0.29) is 11.9 Å². The van der Waals surface area contributed by atoms with Gasteiger partial charge in [-0.1, -0.05) is 0 Å². The van der Waals surface area contributed by atoms with Crippen molar-refractivity contribution in [1.82, 2.24) is 25.1 Å². The van der Waals surface area contributed by atoms with Gasteiger partial charge in [0, 0.05) is 18.0 Å². The molecule has 0 unspecified atom stereocenters. The van der Waals surface area contributed by atoms with Gasteiger partial charge in [0.05, 0.1) is 30.5 Å². The van der Waals surface area contributed by atoms with Crippen LogP contribution in [0.1, 0.15) is 11.1 Å². The molecule has 0 radical (unpaired) electrons. The molecule has 8 nitrogen and oxygen atoms in total. The van der Waals surface area contributed by atoms with Crippen LogP contribution in [-0.4, -0.2) is 38.5 Å². The zero-order chi connectivity index (χ0) is 21.3. The summed E-state index contributed by atoms with van der Waals surface area (Å²) in [6, 6.07) is 5.38. The number of nitrogens with one attached hydrogen (secondary N) is 2. The molecule has 4 heterocycles. The van der Waals surface area contributed by atoms with E-state index in [1.54, 1.807) is 23.1 Å². The fourth-order valence-corrected chi connectivity index (χ4v) is 3.02. The first-order chi connectivity index (χ1) is 14.3. The molecule has 1 amide bonds. The minimum atomic E-state index is -4.46. The molecule has 0 aliphatic carbocycles. The number of anilines is 2. The van der Waals surface area contributed by atoms with Gasteiger partial charge < -0.3 is 15.4 Å². The molecule has 2 N–H and O–H groups in total. The molecule has 1 fully saturated rings. The number of ether oxygens (including phenoxy) is 1. The number of alkyl carbamates (subject to hydrolysis) is 1. The van der Waals surface area contributed by atoms with Gasteiger partial charge in [-0.25, -0.2) is 14.8 Å². The van der Waals surface area contributed by atoms with Crippen molar-refractivity contribution < 1.29 is 22.7 Å². The van der Waals surface area contributed by atoms with Crippen molar-refractivity contribution in [2.45, 2.75) is 25.7 Å². The second kappa shape index (κ2) is 7.65. The maximum Gasteiger partial charge on any atom is 0.416 e. The summed E-state index contributed by atoms with van der Waals surface area (Å²) in [4.78, 5) is 19.5. The van der Waals surface area contributed by atoms with E-state index >= 15 is 0 Å². The van der Waals surface area contributed by atoms with Crippen LogP contribution in [0.4, 0.5) is 29.6 Å². The lowest BCUT2D eigenvalue weighted by atomic mass is 10.1. The molecule has 3 aromatic rings. The van der Waals surface area contributed by atoms with E-state index in [0.717, 1.165) is 29.5 Å². The molecule has 0 spiro atoms. The Morgan fingerprint density at radius 2 is 2.13 bits per heavy atom. The highest BCUT2D eigenvalue weighted by Crippen LogP contribution is 2.30. The molecule has 1 saturated heterocycles. The van der Waals surface area contributed by atoms with E-state index < -0.39 is 17.8 Å². The number of cyclic esters (lactones) is 1. The molecule has 30 heavy (non-hydrogen) atoms. The largest absolute Gasteiger partial charge is 0.442 e. The van der Waals surface area contributed by atoms with Gasteiger partial charge in [0.25, 0.3) is 0 Å². The first-order valence-corrected chi connectivity index (χ1v) is 9.02. The number of aryl methyl sites for hydroxylation is 1. The van der Waals surface area contributed by atoms with Crippen molar-refractivity contribution >= 4 is 17.7 Å². The maximum atomic E-state index is 12.9. The van der Waals surface area contributed by atoms with E-state index in [1.807, 2.05) is 13.0 Å². The van der Waals surface area contributed by atoms with Crippen LogP contribution in [0, 0.1) is 6.92 Å². The molecule has 4 rings (SSSR count). The summed E-state index contributed by atoms with van der Waals surface area (Å²) in [6.45, 7) is 2.66. The summed E-state index contributed by atoms with van der Waals surface area (Å²) in [6.07, 6.45) is -0.733. The molecule has 11 heteroatoms. The number of aromatic nitrogens is 4. The Morgan fingerprint density at radius 1 is 1.30 bits per heavy atom. The van der Waals surface area contributed by atoms with E-state index in [1.165, 1.54) is 0 Å². The fourth-order valence-electron chi connectivity index (χ4n) is 3.02. The summed E-state index contributed by atoms with van der Waals surface area (Å²) in [5, 5.41) is 9.67. The van der Waals surface area contributed by atoms with Crippen molar-refractivity contribution in [3.8, 4) is 11.3 Å². The predicted octanol–water partition coefficient (Wildman–Crippen LogP) is 3.52. The monoisotopic (exact) mass is 418 g/mol. The Hall–Kier alpha value is -3.63. The zero-order valence-corrected chi connectivity index (χ0v) is 15.8. The van der Waals surface area contributed by atoms with Crippen molar-refractivity contribution in [2.24, 2.45) is 0 Å². The van der Waals surface area contributed by atoms with Gasteiger partial charge in [0.1, 0.15) is 17.7 Å². The first-order valence-electron chi connectivity index (χ1n) is 9.02. The first kappa shape index (κ1) is 19.7. The van der Waals surface area contributed by atoms with Crippen molar-refractivity contribution in [1.29, 1.82) is 0 Å². The van der Waals surface area contributed by atoms with E-state index in [0.29, 0.717) is 24.6 Å².